The van der Waals surface area contributed by atoms with Gasteiger partial charge in [-0.15, -0.1) is 0 Å². The Morgan fingerprint density at radius 3 is 2.81 bits per heavy atom. The molecule has 0 unspecified atom stereocenters. The smallest absolute Gasteiger partial charge is 0.122 e. The number of hydrogen-bond donors (Lipinski definition) is 0. The number of methoxy groups -OCH3 is 1. The minimum absolute atomic E-state index is 0.432. The van der Waals surface area contributed by atoms with Crippen LogP contribution in [-0.2, 0) is 19.5 Å². The van der Waals surface area contributed by atoms with Crippen molar-refractivity contribution >= 4 is 0 Å². The van der Waals surface area contributed by atoms with Gasteiger partial charge >= 0.3 is 0 Å². The van der Waals surface area contributed by atoms with Crippen LogP contribution in [0.25, 0.3) is 0 Å². The number of para-hydroxylation sites is 1. The molecule has 4 heteroatoms. The topological polar surface area (TPSA) is 30.3 Å². The summed E-state index contributed by atoms with van der Waals surface area (Å²) in [6, 6.07) is 8.67. The van der Waals surface area contributed by atoms with E-state index in [2.05, 4.69) is 47.5 Å². The Labute approximate surface area is 127 Å². The Morgan fingerprint density at radius 1 is 1.33 bits per heavy atom. The summed E-state index contributed by atoms with van der Waals surface area (Å²) in [7, 11) is 3.89. The molecule has 1 heterocycles. The van der Waals surface area contributed by atoms with Crippen molar-refractivity contribution in [2.75, 3.05) is 14.2 Å². The summed E-state index contributed by atoms with van der Waals surface area (Å²) in [5, 5.41) is 0. The quantitative estimate of drug-likeness (QED) is 0.784. The number of rotatable bonds is 7. The van der Waals surface area contributed by atoms with Crippen LogP contribution in [0, 0.1) is 0 Å². The van der Waals surface area contributed by atoms with Crippen molar-refractivity contribution in [1.82, 2.24) is 14.5 Å². The largest absolute Gasteiger partial charge is 0.496 e. The fraction of sp³-hybridized carbons (Fsp3) is 0.471. The zero-order chi connectivity index (χ0) is 15.2. The number of aromatic nitrogens is 2. The normalized spacial score (nSPS) is 12.6. The monoisotopic (exact) mass is 287 g/mol. The second-order valence-electron chi connectivity index (χ2n) is 5.45. The van der Waals surface area contributed by atoms with E-state index < -0.39 is 0 Å². The lowest BCUT2D eigenvalue weighted by Gasteiger charge is -2.25. The summed E-state index contributed by atoms with van der Waals surface area (Å²) in [4.78, 5) is 6.59. The van der Waals surface area contributed by atoms with Crippen LogP contribution in [0.3, 0.4) is 0 Å². The third kappa shape index (κ3) is 3.85. The van der Waals surface area contributed by atoms with Crippen LogP contribution in [0.2, 0.25) is 0 Å². The third-order valence-corrected chi connectivity index (χ3v) is 4.01. The Balaban J connectivity index is 2.01. The molecule has 0 radical (unpaired) electrons. The molecule has 1 aromatic heterocycles. The number of ether oxygens (including phenoxy) is 1. The predicted molar refractivity (Wildman–Crippen MR) is 85.5 cm³/mol. The SMILES string of the molecule is CCn1cncc1CN(C)[C@@H](C)Cc1ccccc1OC. The lowest BCUT2D eigenvalue weighted by Crippen LogP contribution is -2.31. The second-order valence-corrected chi connectivity index (χ2v) is 5.45. The van der Waals surface area contributed by atoms with Crippen molar-refractivity contribution in [2.45, 2.75) is 39.4 Å². The molecule has 4 nitrogen and oxygen atoms in total. The molecular weight excluding hydrogens is 262 g/mol. The van der Waals surface area contributed by atoms with Gasteiger partial charge in [0.2, 0.25) is 0 Å². The number of hydrogen-bond acceptors (Lipinski definition) is 3. The van der Waals surface area contributed by atoms with E-state index in [1.807, 2.05) is 24.7 Å². The van der Waals surface area contributed by atoms with Crippen LogP contribution >= 0.6 is 0 Å². The van der Waals surface area contributed by atoms with Crippen molar-refractivity contribution in [3.63, 3.8) is 0 Å². The Bertz CT molecular complexity index is 565. The van der Waals surface area contributed by atoms with E-state index in [1.54, 1.807) is 7.11 Å². The first-order valence-electron chi connectivity index (χ1n) is 7.46. The molecule has 114 valence electrons. The van der Waals surface area contributed by atoms with Crippen LogP contribution in [0.15, 0.2) is 36.8 Å². The summed E-state index contributed by atoms with van der Waals surface area (Å²) < 4.78 is 7.62. The van der Waals surface area contributed by atoms with Crippen LogP contribution in [0.5, 0.6) is 5.75 Å². The minimum Gasteiger partial charge on any atom is -0.496 e. The first-order chi connectivity index (χ1) is 10.2. The number of aryl methyl sites for hydroxylation is 1. The Hall–Kier alpha value is -1.81. The molecule has 0 saturated heterocycles. The van der Waals surface area contributed by atoms with Crippen molar-refractivity contribution < 1.29 is 4.74 Å². The number of nitrogens with zero attached hydrogens (tertiary/aromatic N) is 3. The predicted octanol–water partition coefficient (Wildman–Crippen LogP) is 2.97. The van der Waals surface area contributed by atoms with Crippen LogP contribution in [0.4, 0.5) is 0 Å². The van der Waals surface area contributed by atoms with Gasteiger partial charge in [0.05, 0.1) is 19.1 Å². The zero-order valence-corrected chi connectivity index (χ0v) is 13.4. The highest BCUT2D eigenvalue weighted by molar-refractivity contribution is 5.33. The first-order valence-corrected chi connectivity index (χ1v) is 7.46. The van der Waals surface area contributed by atoms with E-state index in [4.69, 9.17) is 4.74 Å². The molecular formula is C17H25N3O. The second kappa shape index (κ2) is 7.27. The van der Waals surface area contributed by atoms with Crippen LogP contribution in [-0.4, -0.2) is 34.7 Å². The van der Waals surface area contributed by atoms with Gasteiger partial charge in [0.1, 0.15) is 5.75 Å². The molecule has 0 aliphatic heterocycles. The molecule has 2 aromatic rings. The molecule has 1 aromatic carbocycles. The van der Waals surface area contributed by atoms with E-state index in [9.17, 15) is 0 Å². The summed E-state index contributed by atoms with van der Waals surface area (Å²) in [5.74, 6) is 0.969. The van der Waals surface area contributed by atoms with E-state index >= 15 is 0 Å². The molecule has 0 spiro atoms. The van der Waals surface area contributed by atoms with Gasteiger partial charge in [0.15, 0.2) is 0 Å². The summed E-state index contributed by atoms with van der Waals surface area (Å²) >= 11 is 0. The minimum atomic E-state index is 0.432. The average Bonchev–Trinajstić information content (AvgIpc) is 2.94. The van der Waals surface area contributed by atoms with Gasteiger partial charge in [0, 0.05) is 25.3 Å². The van der Waals surface area contributed by atoms with Gasteiger partial charge in [0.25, 0.3) is 0 Å². The molecule has 0 saturated carbocycles. The van der Waals surface area contributed by atoms with Gasteiger partial charge in [-0.05, 0) is 38.9 Å². The van der Waals surface area contributed by atoms with Crippen molar-refractivity contribution in [2.24, 2.45) is 0 Å². The Morgan fingerprint density at radius 2 is 2.10 bits per heavy atom. The molecule has 0 amide bonds. The maximum Gasteiger partial charge on any atom is 0.122 e. The first kappa shape index (κ1) is 15.6. The molecule has 0 fully saturated rings. The lowest BCUT2D eigenvalue weighted by atomic mass is 10.1. The van der Waals surface area contributed by atoms with Crippen molar-refractivity contribution in [1.29, 1.82) is 0 Å². The fourth-order valence-electron chi connectivity index (χ4n) is 2.52. The third-order valence-electron chi connectivity index (χ3n) is 4.01. The highest BCUT2D eigenvalue weighted by Crippen LogP contribution is 2.20. The highest BCUT2D eigenvalue weighted by Gasteiger charge is 2.14. The summed E-state index contributed by atoms with van der Waals surface area (Å²) in [5.41, 5.74) is 2.51. The van der Waals surface area contributed by atoms with Crippen LogP contribution in [0.1, 0.15) is 25.1 Å². The number of likely N-dealkylation sites (N-methyl/N-ethyl adjacent to an activating group) is 1. The van der Waals surface area contributed by atoms with Crippen LogP contribution < -0.4 is 4.74 Å². The molecule has 1 atom stereocenters. The molecule has 2 rings (SSSR count). The van der Waals surface area contributed by atoms with Gasteiger partial charge in [-0.25, -0.2) is 4.98 Å². The van der Waals surface area contributed by atoms with E-state index in [-0.39, 0.29) is 0 Å². The Kier molecular flexibility index (Phi) is 5.39. The van der Waals surface area contributed by atoms with Gasteiger partial charge in [-0.3, -0.25) is 4.90 Å². The van der Waals surface area contributed by atoms with E-state index in [1.165, 1.54) is 11.3 Å². The maximum absolute atomic E-state index is 5.44. The molecule has 0 aliphatic rings. The number of imidazole rings is 1. The zero-order valence-electron chi connectivity index (χ0n) is 13.4. The van der Waals surface area contributed by atoms with E-state index in [0.717, 1.165) is 25.3 Å². The van der Waals surface area contributed by atoms with Crippen molar-refractivity contribution in [3.8, 4) is 5.75 Å². The molecule has 0 N–H and O–H groups in total. The van der Waals surface area contributed by atoms with Gasteiger partial charge in [-0.2, -0.15) is 0 Å². The molecule has 0 bridgehead atoms. The average molecular weight is 287 g/mol. The standard InChI is InChI=1S/C17H25N3O/c1-5-20-13-18-11-16(20)12-19(3)14(2)10-15-8-6-7-9-17(15)21-4/h6-9,11,13-14H,5,10,12H2,1-4H3/t14-/m0/s1. The molecule has 21 heavy (non-hydrogen) atoms. The summed E-state index contributed by atoms with van der Waals surface area (Å²) in [6.45, 7) is 6.26. The summed E-state index contributed by atoms with van der Waals surface area (Å²) in [6.07, 6.45) is 4.82. The maximum atomic E-state index is 5.44. The lowest BCUT2D eigenvalue weighted by molar-refractivity contribution is 0.240. The van der Waals surface area contributed by atoms with E-state index in [0.29, 0.717) is 6.04 Å². The van der Waals surface area contributed by atoms with Gasteiger partial charge < -0.3 is 9.30 Å². The van der Waals surface area contributed by atoms with Gasteiger partial charge in [-0.1, -0.05) is 18.2 Å². The molecule has 0 aliphatic carbocycles. The highest BCUT2D eigenvalue weighted by atomic mass is 16.5. The number of benzene rings is 1. The van der Waals surface area contributed by atoms with Crippen molar-refractivity contribution in [3.05, 3.63) is 48.0 Å². The fourth-order valence-corrected chi connectivity index (χ4v) is 2.52.